The van der Waals surface area contributed by atoms with Gasteiger partial charge in [-0.15, -0.1) is 12.3 Å². The third-order valence-electron chi connectivity index (χ3n) is 1.41. The summed E-state index contributed by atoms with van der Waals surface area (Å²) in [5.41, 5.74) is 2.64. The van der Waals surface area contributed by atoms with E-state index in [2.05, 4.69) is 11.3 Å². The van der Waals surface area contributed by atoms with Crippen molar-refractivity contribution < 1.29 is 4.74 Å². The lowest BCUT2D eigenvalue weighted by atomic mass is 10.2. The number of terminal acetylenes is 1. The van der Waals surface area contributed by atoms with Crippen molar-refractivity contribution in [3.8, 4) is 12.3 Å². The van der Waals surface area contributed by atoms with Gasteiger partial charge in [-0.3, -0.25) is 11.3 Å². The van der Waals surface area contributed by atoms with Crippen LogP contribution in [0.4, 0.5) is 0 Å². The molecule has 3 heteroatoms. The van der Waals surface area contributed by atoms with Gasteiger partial charge < -0.3 is 4.74 Å². The highest BCUT2D eigenvalue weighted by Gasteiger charge is 2.02. The van der Waals surface area contributed by atoms with Crippen LogP contribution in [-0.4, -0.2) is 19.3 Å². The van der Waals surface area contributed by atoms with Gasteiger partial charge in [0.1, 0.15) is 0 Å². The van der Waals surface area contributed by atoms with Crippen molar-refractivity contribution >= 4 is 0 Å². The van der Waals surface area contributed by atoms with Gasteiger partial charge in [0, 0.05) is 25.7 Å². The van der Waals surface area contributed by atoms with Crippen LogP contribution in [0.1, 0.15) is 19.8 Å². The van der Waals surface area contributed by atoms with E-state index in [4.69, 9.17) is 17.0 Å². The highest BCUT2D eigenvalue weighted by Crippen LogP contribution is 1.95. The molecule has 0 saturated heterocycles. The lowest BCUT2D eigenvalue weighted by molar-refractivity contribution is 0.136. The zero-order valence-corrected chi connectivity index (χ0v) is 6.97. The smallest absolute Gasteiger partial charge is 0.0481 e. The van der Waals surface area contributed by atoms with Crippen LogP contribution >= 0.6 is 0 Å². The summed E-state index contributed by atoms with van der Waals surface area (Å²) in [5.74, 6) is 7.79. The van der Waals surface area contributed by atoms with Gasteiger partial charge in [-0.25, -0.2) is 0 Å². The molecule has 0 aliphatic carbocycles. The molecule has 0 aromatic carbocycles. The van der Waals surface area contributed by atoms with E-state index in [0.29, 0.717) is 13.0 Å². The summed E-state index contributed by atoms with van der Waals surface area (Å²) in [6.45, 7) is 3.42. The normalized spacial score (nSPS) is 12.5. The molecule has 0 aliphatic rings. The number of hydrogen-bond donors (Lipinski definition) is 2. The van der Waals surface area contributed by atoms with Crippen LogP contribution in [0, 0.1) is 12.3 Å². The van der Waals surface area contributed by atoms with Gasteiger partial charge in [-0.05, 0) is 13.3 Å². The largest absolute Gasteiger partial charge is 0.382 e. The molecule has 0 aliphatic heterocycles. The van der Waals surface area contributed by atoms with Gasteiger partial charge in [-0.2, -0.15) is 0 Å². The summed E-state index contributed by atoms with van der Waals surface area (Å²) in [7, 11) is 0. The first-order chi connectivity index (χ1) is 5.35. The molecule has 0 saturated carbocycles. The number of nitrogens with one attached hydrogen (secondary N) is 1. The molecule has 0 rings (SSSR count). The summed E-state index contributed by atoms with van der Waals surface area (Å²) in [4.78, 5) is 0. The lowest BCUT2D eigenvalue weighted by Gasteiger charge is -2.11. The maximum absolute atomic E-state index is 5.24. The third-order valence-corrected chi connectivity index (χ3v) is 1.41. The van der Waals surface area contributed by atoms with E-state index in [9.17, 15) is 0 Å². The summed E-state index contributed by atoms with van der Waals surface area (Å²) in [5, 5.41) is 0. The van der Waals surface area contributed by atoms with Crippen LogP contribution in [0.2, 0.25) is 0 Å². The molecule has 3 N–H and O–H groups in total. The summed E-state index contributed by atoms with van der Waals surface area (Å²) in [6.07, 6.45) is 6.65. The van der Waals surface area contributed by atoms with Gasteiger partial charge in [0.05, 0.1) is 0 Å². The molecular formula is C8H16N2O. The molecule has 0 amide bonds. The average Bonchev–Trinajstić information content (AvgIpc) is 2.03. The topological polar surface area (TPSA) is 47.3 Å². The van der Waals surface area contributed by atoms with Crippen molar-refractivity contribution in [2.24, 2.45) is 5.84 Å². The first-order valence-electron chi connectivity index (χ1n) is 3.82. The Hall–Kier alpha value is -0.560. The van der Waals surface area contributed by atoms with Crippen LogP contribution < -0.4 is 11.3 Å². The SMILES string of the molecule is C#CCC(CCOCC)NN. The van der Waals surface area contributed by atoms with E-state index in [1.165, 1.54) is 0 Å². The second kappa shape index (κ2) is 7.55. The van der Waals surface area contributed by atoms with E-state index < -0.39 is 0 Å². The molecule has 0 aromatic rings. The Morgan fingerprint density at radius 1 is 1.73 bits per heavy atom. The number of hydrogen-bond acceptors (Lipinski definition) is 3. The molecule has 0 bridgehead atoms. The van der Waals surface area contributed by atoms with Crippen LogP contribution in [-0.2, 0) is 4.74 Å². The predicted molar refractivity (Wildman–Crippen MR) is 45.7 cm³/mol. The zero-order valence-electron chi connectivity index (χ0n) is 6.97. The minimum atomic E-state index is 0.187. The van der Waals surface area contributed by atoms with E-state index in [1.54, 1.807) is 0 Å². The fraction of sp³-hybridized carbons (Fsp3) is 0.750. The molecule has 11 heavy (non-hydrogen) atoms. The lowest BCUT2D eigenvalue weighted by Crippen LogP contribution is -2.35. The summed E-state index contributed by atoms with van der Waals surface area (Å²) >= 11 is 0. The van der Waals surface area contributed by atoms with E-state index >= 15 is 0 Å². The number of rotatable bonds is 6. The van der Waals surface area contributed by atoms with Crippen LogP contribution in [0.3, 0.4) is 0 Å². The van der Waals surface area contributed by atoms with Crippen molar-refractivity contribution in [3.05, 3.63) is 0 Å². The highest BCUT2D eigenvalue weighted by molar-refractivity contribution is 4.88. The van der Waals surface area contributed by atoms with Gasteiger partial charge in [0.25, 0.3) is 0 Å². The molecule has 1 atom stereocenters. The third kappa shape index (κ3) is 5.86. The Kier molecular flexibility index (Phi) is 7.16. The minimum absolute atomic E-state index is 0.187. The predicted octanol–water partition coefficient (Wildman–Crippen LogP) is 0.268. The van der Waals surface area contributed by atoms with E-state index in [1.807, 2.05) is 6.92 Å². The number of ether oxygens (including phenoxy) is 1. The van der Waals surface area contributed by atoms with Crippen molar-refractivity contribution in [3.63, 3.8) is 0 Å². The Balaban J connectivity index is 3.30. The monoisotopic (exact) mass is 156 g/mol. The number of nitrogens with two attached hydrogens (primary N) is 1. The first-order valence-corrected chi connectivity index (χ1v) is 3.82. The standard InChI is InChI=1S/C8H16N2O/c1-3-5-8(10-9)6-7-11-4-2/h1,8,10H,4-7,9H2,2H3. The Morgan fingerprint density at radius 2 is 2.45 bits per heavy atom. The fourth-order valence-electron chi connectivity index (χ4n) is 0.757. The van der Waals surface area contributed by atoms with E-state index in [0.717, 1.165) is 13.0 Å². The van der Waals surface area contributed by atoms with Crippen molar-refractivity contribution in [1.29, 1.82) is 0 Å². The second-order valence-electron chi connectivity index (χ2n) is 2.26. The molecule has 1 unspecified atom stereocenters. The molecule has 64 valence electrons. The van der Waals surface area contributed by atoms with E-state index in [-0.39, 0.29) is 6.04 Å². The molecule has 0 fully saturated rings. The fourth-order valence-corrected chi connectivity index (χ4v) is 0.757. The maximum atomic E-state index is 5.24. The van der Waals surface area contributed by atoms with Gasteiger partial charge in [-0.1, -0.05) is 0 Å². The molecule has 0 heterocycles. The highest BCUT2D eigenvalue weighted by atomic mass is 16.5. The maximum Gasteiger partial charge on any atom is 0.0481 e. The Morgan fingerprint density at radius 3 is 2.91 bits per heavy atom. The minimum Gasteiger partial charge on any atom is -0.382 e. The van der Waals surface area contributed by atoms with Gasteiger partial charge in [0.2, 0.25) is 0 Å². The van der Waals surface area contributed by atoms with Crippen LogP contribution in [0.15, 0.2) is 0 Å². The first kappa shape index (κ1) is 10.4. The number of hydrazine groups is 1. The Labute approximate surface area is 68.3 Å². The molecule has 0 aromatic heterocycles. The van der Waals surface area contributed by atoms with Crippen LogP contribution in [0.25, 0.3) is 0 Å². The van der Waals surface area contributed by atoms with Crippen LogP contribution in [0.5, 0.6) is 0 Å². The van der Waals surface area contributed by atoms with Gasteiger partial charge >= 0.3 is 0 Å². The van der Waals surface area contributed by atoms with Crippen molar-refractivity contribution in [1.82, 2.24) is 5.43 Å². The zero-order chi connectivity index (χ0) is 8.53. The van der Waals surface area contributed by atoms with Crippen molar-refractivity contribution in [2.75, 3.05) is 13.2 Å². The molecular weight excluding hydrogens is 140 g/mol. The molecule has 3 nitrogen and oxygen atoms in total. The second-order valence-corrected chi connectivity index (χ2v) is 2.26. The average molecular weight is 156 g/mol. The summed E-state index contributed by atoms with van der Waals surface area (Å²) < 4.78 is 5.15. The molecule has 0 radical (unpaired) electrons. The molecule has 0 spiro atoms. The summed E-state index contributed by atoms with van der Waals surface area (Å²) in [6, 6.07) is 0.187. The van der Waals surface area contributed by atoms with Crippen molar-refractivity contribution in [2.45, 2.75) is 25.8 Å². The Bertz CT molecular complexity index is 120. The quantitative estimate of drug-likeness (QED) is 0.251. The van der Waals surface area contributed by atoms with Gasteiger partial charge in [0.15, 0.2) is 0 Å².